The fourth-order valence-corrected chi connectivity index (χ4v) is 1.39. The summed E-state index contributed by atoms with van der Waals surface area (Å²) in [6, 6.07) is 0. The summed E-state index contributed by atoms with van der Waals surface area (Å²) in [5.74, 6) is 1.09. The summed E-state index contributed by atoms with van der Waals surface area (Å²) in [4.78, 5) is 18.5. The molecule has 1 aromatic heterocycles. The third-order valence-electron chi connectivity index (χ3n) is 2.25. The maximum atomic E-state index is 11.3. The van der Waals surface area contributed by atoms with Gasteiger partial charge in [-0.25, -0.2) is 4.98 Å². The van der Waals surface area contributed by atoms with Gasteiger partial charge in [0, 0.05) is 38.3 Å². The number of aryl methyl sites for hydroxylation is 1. The fraction of sp³-hybridized carbons (Fsp3) is 0.636. The number of rotatable bonds is 8. The van der Waals surface area contributed by atoms with E-state index in [0.29, 0.717) is 13.0 Å². The summed E-state index contributed by atoms with van der Waals surface area (Å²) in [6.45, 7) is 4.40. The van der Waals surface area contributed by atoms with Gasteiger partial charge in [-0.15, -0.1) is 0 Å². The molecule has 16 heavy (non-hydrogen) atoms. The molecule has 5 heteroatoms. The predicted octanol–water partition coefficient (Wildman–Crippen LogP) is 0.458. The zero-order valence-electron chi connectivity index (χ0n) is 9.75. The largest absolute Gasteiger partial charge is 0.356 e. The molecule has 0 saturated carbocycles. The van der Waals surface area contributed by atoms with Crippen LogP contribution in [-0.4, -0.2) is 35.5 Å². The van der Waals surface area contributed by atoms with E-state index in [1.165, 1.54) is 0 Å². The molecule has 3 N–H and O–H groups in total. The summed E-state index contributed by atoms with van der Waals surface area (Å²) in [5, 5.41) is 6.00. The SMILES string of the molecule is CCNCCC(=O)NCCCc1ncc[nH]1. The van der Waals surface area contributed by atoms with Crippen molar-refractivity contribution in [1.82, 2.24) is 20.6 Å². The zero-order valence-corrected chi connectivity index (χ0v) is 9.75. The number of amides is 1. The van der Waals surface area contributed by atoms with Crippen LogP contribution >= 0.6 is 0 Å². The van der Waals surface area contributed by atoms with Gasteiger partial charge in [-0.05, 0) is 13.0 Å². The molecule has 0 aliphatic rings. The van der Waals surface area contributed by atoms with Crippen molar-refractivity contribution in [2.24, 2.45) is 0 Å². The van der Waals surface area contributed by atoms with Crippen molar-refractivity contribution in [1.29, 1.82) is 0 Å². The minimum atomic E-state index is 0.111. The Morgan fingerprint density at radius 1 is 1.50 bits per heavy atom. The number of nitrogens with one attached hydrogen (secondary N) is 3. The number of hydrogen-bond acceptors (Lipinski definition) is 3. The first-order valence-corrected chi connectivity index (χ1v) is 5.78. The van der Waals surface area contributed by atoms with Gasteiger partial charge in [0.25, 0.3) is 0 Å². The lowest BCUT2D eigenvalue weighted by molar-refractivity contribution is -0.120. The Bertz CT molecular complexity index is 284. The first kappa shape index (κ1) is 12.7. The second kappa shape index (κ2) is 7.87. The van der Waals surface area contributed by atoms with E-state index in [1.807, 2.05) is 13.1 Å². The van der Waals surface area contributed by atoms with Gasteiger partial charge in [0.15, 0.2) is 0 Å². The van der Waals surface area contributed by atoms with Gasteiger partial charge in [0.1, 0.15) is 5.82 Å². The van der Waals surface area contributed by atoms with E-state index in [0.717, 1.165) is 31.8 Å². The Labute approximate surface area is 96.0 Å². The lowest BCUT2D eigenvalue weighted by Gasteiger charge is -2.04. The number of H-pyrrole nitrogens is 1. The van der Waals surface area contributed by atoms with Gasteiger partial charge in [0.05, 0.1) is 0 Å². The minimum Gasteiger partial charge on any atom is -0.356 e. The van der Waals surface area contributed by atoms with E-state index in [4.69, 9.17) is 0 Å². The lowest BCUT2D eigenvalue weighted by atomic mass is 10.3. The van der Waals surface area contributed by atoms with E-state index in [-0.39, 0.29) is 5.91 Å². The summed E-state index contributed by atoms with van der Waals surface area (Å²) >= 11 is 0. The second-order valence-corrected chi connectivity index (χ2v) is 3.59. The summed E-state index contributed by atoms with van der Waals surface area (Å²) in [5.41, 5.74) is 0. The molecule has 0 aromatic carbocycles. The number of aromatic amines is 1. The molecule has 90 valence electrons. The first-order valence-electron chi connectivity index (χ1n) is 5.78. The van der Waals surface area contributed by atoms with E-state index in [1.54, 1.807) is 6.20 Å². The zero-order chi connectivity index (χ0) is 11.6. The van der Waals surface area contributed by atoms with Crippen LogP contribution in [0.5, 0.6) is 0 Å². The molecule has 0 spiro atoms. The summed E-state index contributed by atoms with van der Waals surface area (Å²) < 4.78 is 0. The van der Waals surface area contributed by atoms with Crippen molar-refractivity contribution in [3.05, 3.63) is 18.2 Å². The van der Waals surface area contributed by atoms with E-state index in [2.05, 4.69) is 20.6 Å². The predicted molar refractivity (Wildman–Crippen MR) is 63.1 cm³/mol. The van der Waals surface area contributed by atoms with Crippen LogP contribution in [0.25, 0.3) is 0 Å². The smallest absolute Gasteiger partial charge is 0.221 e. The van der Waals surface area contributed by atoms with Gasteiger partial charge in [0.2, 0.25) is 5.91 Å². The molecule has 1 aromatic rings. The van der Waals surface area contributed by atoms with Crippen molar-refractivity contribution in [3.8, 4) is 0 Å². The van der Waals surface area contributed by atoms with Crippen molar-refractivity contribution in [2.45, 2.75) is 26.2 Å². The van der Waals surface area contributed by atoms with Gasteiger partial charge in [-0.1, -0.05) is 6.92 Å². The number of hydrogen-bond donors (Lipinski definition) is 3. The van der Waals surface area contributed by atoms with Crippen molar-refractivity contribution >= 4 is 5.91 Å². The van der Waals surface area contributed by atoms with Crippen molar-refractivity contribution in [3.63, 3.8) is 0 Å². The molecule has 0 saturated heterocycles. The van der Waals surface area contributed by atoms with Gasteiger partial charge < -0.3 is 15.6 Å². The fourth-order valence-electron chi connectivity index (χ4n) is 1.39. The van der Waals surface area contributed by atoms with Crippen molar-refractivity contribution in [2.75, 3.05) is 19.6 Å². The van der Waals surface area contributed by atoms with Gasteiger partial charge in [-0.3, -0.25) is 4.79 Å². The number of carbonyl (C=O) groups is 1. The van der Waals surface area contributed by atoms with E-state index in [9.17, 15) is 4.79 Å². The van der Waals surface area contributed by atoms with E-state index < -0.39 is 0 Å². The Hall–Kier alpha value is -1.36. The highest BCUT2D eigenvalue weighted by Gasteiger charge is 2.00. The van der Waals surface area contributed by atoms with Crippen LogP contribution in [-0.2, 0) is 11.2 Å². The highest BCUT2D eigenvalue weighted by molar-refractivity contribution is 5.75. The maximum Gasteiger partial charge on any atom is 0.221 e. The monoisotopic (exact) mass is 224 g/mol. The number of nitrogens with zero attached hydrogens (tertiary/aromatic N) is 1. The number of carbonyl (C=O) groups excluding carboxylic acids is 1. The Morgan fingerprint density at radius 3 is 3.06 bits per heavy atom. The molecule has 1 amide bonds. The third kappa shape index (κ3) is 5.50. The standard InChI is InChI=1S/C11H20N4O/c1-2-12-7-5-11(16)15-6-3-4-10-13-8-9-14-10/h8-9,12H,2-7H2,1H3,(H,13,14)(H,15,16). The quantitative estimate of drug-likeness (QED) is 0.562. The molecule has 1 heterocycles. The van der Waals surface area contributed by atoms with Crippen LogP contribution in [0.4, 0.5) is 0 Å². The second-order valence-electron chi connectivity index (χ2n) is 3.59. The molecule has 0 atom stereocenters. The number of aromatic nitrogens is 2. The van der Waals surface area contributed by atoms with Crippen molar-refractivity contribution < 1.29 is 4.79 Å². The van der Waals surface area contributed by atoms with Crippen LogP contribution < -0.4 is 10.6 Å². The molecule has 0 bridgehead atoms. The average Bonchev–Trinajstić information content (AvgIpc) is 2.78. The van der Waals surface area contributed by atoms with Crippen LogP contribution in [0.1, 0.15) is 25.6 Å². The normalized spacial score (nSPS) is 10.3. The topological polar surface area (TPSA) is 69.8 Å². The molecule has 0 unspecified atom stereocenters. The third-order valence-corrected chi connectivity index (χ3v) is 2.25. The lowest BCUT2D eigenvalue weighted by Crippen LogP contribution is -2.28. The Morgan fingerprint density at radius 2 is 2.38 bits per heavy atom. The Kier molecular flexibility index (Phi) is 6.25. The van der Waals surface area contributed by atoms with Gasteiger partial charge >= 0.3 is 0 Å². The molecular formula is C11H20N4O. The van der Waals surface area contributed by atoms with Crippen LogP contribution in [0.2, 0.25) is 0 Å². The van der Waals surface area contributed by atoms with Crippen LogP contribution in [0.3, 0.4) is 0 Å². The number of imidazole rings is 1. The Balaban J connectivity index is 1.96. The molecule has 5 nitrogen and oxygen atoms in total. The molecular weight excluding hydrogens is 204 g/mol. The molecule has 0 fully saturated rings. The van der Waals surface area contributed by atoms with Crippen LogP contribution in [0.15, 0.2) is 12.4 Å². The molecule has 0 aliphatic heterocycles. The first-order chi connectivity index (χ1) is 7.83. The van der Waals surface area contributed by atoms with E-state index >= 15 is 0 Å². The molecule has 0 aliphatic carbocycles. The van der Waals surface area contributed by atoms with Gasteiger partial charge in [-0.2, -0.15) is 0 Å². The maximum absolute atomic E-state index is 11.3. The summed E-state index contributed by atoms with van der Waals surface area (Å²) in [7, 11) is 0. The highest BCUT2D eigenvalue weighted by Crippen LogP contribution is 1.93. The summed E-state index contributed by atoms with van der Waals surface area (Å²) in [6.07, 6.45) is 5.89. The minimum absolute atomic E-state index is 0.111. The molecule has 1 rings (SSSR count). The average molecular weight is 224 g/mol. The van der Waals surface area contributed by atoms with Crippen LogP contribution in [0, 0.1) is 0 Å². The molecule has 0 radical (unpaired) electrons. The highest BCUT2D eigenvalue weighted by atomic mass is 16.1.